The summed E-state index contributed by atoms with van der Waals surface area (Å²) < 4.78 is 5.24. The maximum Gasteiger partial charge on any atom is 0.0615 e. The molecule has 1 fully saturated rings. The average Bonchev–Trinajstić information content (AvgIpc) is 2.60. The van der Waals surface area contributed by atoms with E-state index in [1.807, 2.05) is 0 Å². The van der Waals surface area contributed by atoms with Crippen LogP contribution in [0, 0.1) is 5.92 Å². The molecule has 1 aliphatic rings. The largest absolute Gasteiger partial charge is 0.383 e. The molecule has 0 bridgehead atoms. The van der Waals surface area contributed by atoms with Gasteiger partial charge in [-0.2, -0.15) is 0 Å². The smallest absolute Gasteiger partial charge is 0.0615 e. The lowest BCUT2D eigenvalue weighted by Gasteiger charge is -2.24. The second-order valence-electron chi connectivity index (χ2n) is 5.36. The highest BCUT2D eigenvalue weighted by molar-refractivity contribution is 4.89. The van der Waals surface area contributed by atoms with E-state index in [-0.39, 0.29) is 0 Å². The molecular formula is C13H28N2O. The van der Waals surface area contributed by atoms with Gasteiger partial charge in [-0.25, -0.2) is 0 Å². The van der Waals surface area contributed by atoms with Crippen LogP contribution in [0.15, 0.2) is 0 Å². The van der Waals surface area contributed by atoms with Crippen molar-refractivity contribution in [3.05, 3.63) is 0 Å². The van der Waals surface area contributed by atoms with E-state index in [4.69, 9.17) is 4.74 Å². The summed E-state index contributed by atoms with van der Waals surface area (Å²) in [6, 6.07) is 1.80. The van der Waals surface area contributed by atoms with E-state index in [9.17, 15) is 0 Å². The second kappa shape index (κ2) is 6.58. The predicted molar refractivity (Wildman–Crippen MR) is 68.8 cm³/mol. The Balaban J connectivity index is 2.42. The van der Waals surface area contributed by atoms with E-state index in [0.717, 1.165) is 18.9 Å². The zero-order valence-corrected chi connectivity index (χ0v) is 11.5. The van der Waals surface area contributed by atoms with Crippen LogP contribution >= 0.6 is 0 Å². The molecule has 0 aromatic carbocycles. The topological polar surface area (TPSA) is 24.5 Å². The molecule has 0 aromatic rings. The van der Waals surface area contributed by atoms with Crippen LogP contribution in [0.4, 0.5) is 0 Å². The summed E-state index contributed by atoms with van der Waals surface area (Å²) in [7, 11) is 1.78. The van der Waals surface area contributed by atoms with Gasteiger partial charge >= 0.3 is 0 Å². The molecule has 1 rings (SSSR count). The summed E-state index contributed by atoms with van der Waals surface area (Å²) in [5.74, 6) is 0.744. The lowest BCUT2D eigenvalue weighted by atomic mass is 10.0. The van der Waals surface area contributed by atoms with Gasteiger partial charge in [0, 0.05) is 38.3 Å². The van der Waals surface area contributed by atoms with Gasteiger partial charge in [-0.3, -0.25) is 4.90 Å². The minimum atomic E-state index is 0.504. The van der Waals surface area contributed by atoms with Crippen LogP contribution in [0.1, 0.15) is 34.1 Å². The Morgan fingerprint density at radius 3 is 2.50 bits per heavy atom. The number of hydrogen-bond donors (Lipinski definition) is 1. The number of ether oxygens (including phenoxy) is 1. The van der Waals surface area contributed by atoms with Gasteiger partial charge in [-0.1, -0.05) is 13.8 Å². The van der Waals surface area contributed by atoms with Gasteiger partial charge in [-0.15, -0.1) is 0 Å². The van der Waals surface area contributed by atoms with E-state index in [1.165, 1.54) is 13.1 Å². The van der Waals surface area contributed by atoms with Gasteiger partial charge in [0.25, 0.3) is 0 Å². The monoisotopic (exact) mass is 228 g/mol. The highest BCUT2D eigenvalue weighted by atomic mass is 16.5. The molecule has 3 unspecified atom stereocenters. The van der Waals surface area contributed by atoms with Crippen molar-refractivity contribution in [3.63, 3.8) is 0 Å². The summed E-state index contributed by atoms with van der Waals surface area (Å²) in [6.07, 6.45) is 1.14. The highest BCUT2D eigenvalue weighted by Gasteiger charge is 2.31. The minimum absolute atomic E-state index is 0.504. The lowest BCUT2D eigenvalue weighted by molar-refractivity contribution is 0.155. The predicted octanol–water partition coefficient (Wildman–Crippen LogP) is 1.73. The van der Waals surface area contributed by atoms with Crippen molar-refractivity contribution in [3.8, 4) is 0 Å². The molecule has 0 spiro atoms. The van der Waals surface area contributed by atoms with Gasteiger partial charge in [0.15, 0.2) is 0 Å². The number of rotatable bonds is 6. The fourth-order valence-corrected chi connectivity index (χ4v) is 2.43. The number of nitrogens with zero attached hydrogens (tertiary/aromatic N) is 1. The molecular weight excluding hydrogens is 200 g/mol. The quantitative estimate of drug-likeness (QED) is 0.749. The molecule has 3 nitrogen and oxygen atoms in total. The summed E-state index contributed by atoms with van der Waals surface area (Å²) in [6.45, 7) is 12.3. The third kappa shape index (κ3) is 3.72. The van der Waals surface area contributed by atoms with Gasteiger partial charge in [0.1, 0.15) is 0 Å². The van der Waals surface area contributed by atoms with Crippen molar-refractivity contribution in [2.75, 3.05) is 26.8 Å². The van der Waals surface area contributed by atoms with Crippen molar-refractivity contribution in [1.82, 2.24) is 10.2 Å². The van der Waals surface area contributed by atoms with Gasteiger partial charge in [-0.05, 0) is 26.2 Å². The maximum atomic E-state index is 5.24. The average molecular weight is 228 g/mol. The molecule has 3 heteroatoms. The van der Waals surface area contributed by atoms with Crippen LogP contribution in [0.2, 0.25) is 0 Å². The molecule has 0 aliphatic carbocycles. The number of likely N-dealkylation sites (tertiary alicyclic amines) is 1. The van der Waals surface area contributed by atoms with Crippen LogP contribution in [-0.4, -0.2) is 49.8 Å². The second-order valence-corrected chi connectivity index (χ2v) is 5.36. The summed E-state index contributed by atoms with van der Waals surface area (Å²) in [5.41, 5.74) is 0. The Bertz CT molecular complexity index is 196. The fourth-order valence-electron chi connectivity index (χ4n) is 2.43. The molecule has 3 atom stereocenters. The molecule has 1 N–H and O–H groups in total. The van der Waals surface area contributed by atoms with Crippen LogP contribution in [-0.2, 0) is 4.74 Å². The van der Waals surface area contributed by atoms with E-state index in [1.54, 1.807) is 7.11 Å². The van der Waals surface area contributed by atoms with Crippen molar-refractivity contribution in [2.45, 2.75) is 52.2 Å². The summed E-state index contributed by atoms with van der Waals surface area (Å²) >= 11 is 0. The molecule has 16 heavy (non-hydrogen) atoms. The van der Waals surface area contributed by atoms with E-state index < -0.39 is 0 Å². The van der Waals surface area contributed by atoms with Crippen molar-refractivity contribution in [1.29, 1.82) is 0 Å². The van der Waals surface area contributed by atoms with Gasteiger partial charge in [0.2, 0.25) is 0 Å². The zero-order valence-electron chi connectivity index (χ0n) is 11.5. The molecule has 96 valence electrons. The first-order chi connectivity index (χ1) is 7.58. The first-order valence-electron chi connectivity index (χ1n) is 6.57. The van der Waals surface area contributed by atoms with Crippen molar-refractivity contribution in [2.24, 2.45) is 5.92 Å². The Kier molecular flexibility index (Phi) is 5.73. The first-order valence-corrected chi connectivity index (χ1v) is 6.57. The molecule has 0 saturated carbocycles. The molecule has 0 aromatic heterocycles. The standard InChI is InChI=1S/C13H28N2O/c1-6-12(9-16-5)14-13-8-15(10(2)3)7-11(13)4/h10-14H,6-9H2,1-5H3. The van der Waals surface area contributed by atoms with Crippen molar-refractivity contribution >= 4 is 0 Å². The zero-order chi connectivity index (χ0) is 12.1. The Labute approximate surface area is 101 Å². The highest BCUT2D eigenvalue weighted by Crippen LogP contribution is 2.19. The summed E-state index contributed by atoms with van der Waals surface area (Å²) in [5, 5.41) is 3.73. The van der Waals surface area contributed by atoms with E-state index in [2.05, 4.69) is 37.9 Å². The number of methoxy groups -OCH3 is 1. The van der Waals surface area contributed by atoms with Crippen LogP contribution in [0.3, 0.4) is 0 Å². The Hall–Kier alpha value is -0.120. The number of nitrogens with one attached hydrogen (secondary N) is 1. The SMILES string of the molecule is CCC(COC)NC1CN(C(C)C)CC1C. The Morgan fingerprint density at radius 2 is 2.06 bits per heavy atom. The number of hydrogen-bond acceptors (Lipinski definition) is 3. The minimum Gasteiger partial charge on any atom is -0.383 e. The molecule has 1 heterocycles. The molecule has 1 aliphatic heterocycles. The molecule has 0 radical (unpaired) electrons. The van der Waals surface area contributed by atoms with Crippen LogP contribution < -0.4 is 5.32 Å². The third-order valence-electron chi connectivity index (χ3n) is 3.68. The third-order valence-corrected chi connectivity index (χ3v) is 3.68. The normalized spacial score (nSPS) is 28.9. The summed E-state index contributed by atoms with van der Waals surface area (Å²) in [4.78, 5) is 2.56. The maximum absolute atomic E-state index is 5.24. The van der Waals surface area contributed by atoms with Gasteiger partial charge in [0.05, 0.1) is 6.61 Å². The Morgan fingerprint density at radius 1 is 1.38 bits per heavy atom. The van der Waals surface area contributed by atoms with E-state index in [0.29, 0.717) is 18.1 Å². The van der Waals surface area contributed by atoms with Crippen LogP contribution in [0.25, 0.3) is 0 Å². The fraction of sp³-hybridized carbons (Fsp3) is 1.00. The molecule has 1 saturated heterocycles. The van der Waals surface area contributed by atoms with E-state index >= 15 is 0 Å². The van der Waals surface area contributed by atoms with Crippen LogP contribution in [0.5, 0.6) is 0 Å². The van der Waals surface area contributed by atoms with Crippen molar-refractivity contribution < 1.29 is 4.74 Å². The van der Waals surface area contributed by atoms with Gasteiger partial charge < -0.3 is 10.1 Å². The molecule has 0 amide bonds. The lowest BCUT2D eigenvalue weighted by Crippen LogP contribution is -2.44. The first kappa shape index (κ1) is 13.9.